The summed E-state index contributed by atoms with van der Waals surface area (Å²) in [7, 11) is 0. The second-order valence-corrected chi connectivity index (χ2v) is 5.61. The van der Waals surface area contributed by atoms with E-state index < -0.39 is 5.97 Å². The van der Waals surface area contributed by atoms with E-state index in [0.29, 0.717) is 11.8 Å². The Morgan fingerprint density at radius 2 is 1.61 bits per heavy atom. The molecule has 0 aromatic rings. The predicted molar refractivity (Wildman–Crippen MR) is 77.7 cm³/mol. The Labute approximate surface area is 113 Å². The van der Waals surface area contributed by atoms with Gasteiger partial charge in [-0.3, -0.25) is 4.79 Å². The van der Waals surface area contributed by atoms with Crippen LogP contribution in [0.25, 0.3) is 0 Å². The highest BCUT2D eigenvalue weighted by atomic mass is 16.4. The van der Waals surface area contributed by atoms with Crippen LogP contribution in [0.4, 0.5) is 0 Å². The third-order valence-electron chi connectivity index (χ3n) is 4.27. The van der Waals surface area contributed by atoms with Gasteiger partial charge in [0.25, 0.3) is 0 Å². The minimum Gasteiger partial charge on any atom is -0.481 e. The Morgan fingerprint density at radius 1 is 1.00 bits per heavy atom. The molecule has 0 saturated carbocycles. The average molecular weight is 256 g/mol. The Kier molecular flexibility index (Phi) is 10.1. The van der Waals surface area contributed by atoms with E-state index in [1.54, 1.807) is 0 Å². The van der Waals surface area contributed by atoms with Crippen LogP contribution in [-0.2, 0) is 4.79 Å². The molecule has 0 aromatic carbocycles. The molecule has 0 aromatic heterocycles. The van der Waals surface area contributed by atoms with Gasteiger partial charge in [0.1, 0.15) is 0 Å². The summed E-state index contributed by atoms with van der Waals surface area (Å²) in [6.45, 7) is 8.69. The fraction of sp³-hybridized carbons (Fsp3) is 0.938. The molecule has 0 rings (SSSR count). The lowest BCUT2D eigenvalue weighted by molar-refractivity contribution is -0.144. The summed E-state index contributed by atoms with van der Waals surface area (Å²) in [6.07, 6.45) is 9.04. The number of carboxylic acid groups (broad SMARTS) is 1. The Hall–Kier alpha value is -0.530. The maximum absolute atomic E-state index is 11.4. The summed E-state index contributed by atoms with van der Waals surface area (Å²) in [5.41, 5.74) is 0. The molecule has 108 valence electrons. The molecule has 0 aliphatic rings. The van der Waals surface area contributed by atoms with Crippen molar-refractivity contribution in [1.29, 1.82) is 0 Å². The zero-order chi connectivity index (χ0) is 14.0. The van der Waals surface area contributed by atoms with E-state index in [1.165, 1.54) is 25.7 Å². The number of carboxylic acids is 1. The van der Waals surface area contributed by atoms with Crippen molar-refractivity contribution < 1.29 is 9.90 Å². The fourth-order valence-electron chi connectivity index (χ4n) is 2.86. The maximum atomic E-state index is 11.4. The van der Waals surface area contributed by atoms with Crippen molar-refractivity contribution in [2.24, 2.45) is 17.8 Å². The van der Waals surface area contributed by atoms with E-state index in [4.69, 9.17) is 0 Å². The van der Waals surface area contributed by atoms with Gasteiger partial charge in [0.05, 0.1) is 5.92 Å². The minimum absolute atomic E-state index is 0.142. The number of rotatable bonds is 11. The van der Waals surface area contributed by atoms with Crippen molar-refractivity contribution in [3.05, 3.63) is 0 Å². The highest BCUT2D eigenvalue weighted by Crippen LogP contribution is 2.31. The molecule has 0 heterocycles. The lowest BCUT2D eigenvalue weighted by atomic mass is 9.77. The molecule has 2 heteroatoms. The molecule has 0 radical (unpaired) electrons. The normalized spacial score (nSPS) is 16.2. The second kappa shape index (κ2) is 10.4. The van der Waals surface area contributed by atoms with Crippen molar-refractivity contribution in [2.75, 3.05) is 0 Å². The summed E-state index contributed by atoms with van der Waals surface area (Å²) in [5, 5.41) is 9.39. The number of unbranched alkanes of at least 4 members (excludes halogenated alkanes) is 3. The standard InChI is InChI=1S/C16H32O2/c1-5-8-10-11-14(7-3)13(4)15(16(17)18)12-9-6-2/h13-15H,5-12H2,1-4H3,(H,17,18). The summed E-state index contributed by atoms with van der Waals surface area (Å²) >= 11 is 0. The van der Waals surface area contributed by atoms with Gasteiger partial charge in [-0.05, 0) is 18.3 Å². The van der Waals surface area contributed by atoms with Gasteiger partial charge in [0.2, 0.25) is 0 Å². The quantitative estimate of drug-likeness (QED) is 0.521. The highest BCUT2D eigenvalue weighted by molar-refractivity contribution is 5.70. The Bertz CT molecular complexity index is 213. The monoisotopic (exact) mass is 256 g/mol. The first-order chi connectivity index (χ1) is 8.58. The van der Waals surface area contributed by atoms with Crippen LogP contribution < -0.4 is 0 Å². The number of hydrogen-bond acceptors (Lipinski definition) is 1. The molecule has 0 amide bonds. The second-order valence-electron chi connectivity index (χ2n) is 5.61. The number of carbonyl (C=O) groups is 1. The van der Waals surface area contributed by atoms with Crippen molar-refractivity contribution in [1.82, 2.24) is 0 Å². The molecule has 0 spiro atoms. The van der Waals surface area contributed by atoms with Crippen LogP contribution in [0, 0.1) is 17.8 Å². The predicted octanol–water partition coefficient (Wildman–Crippen LogP) is 5.12. The van der Waals surface area contributed by atoms with Gasteiger partial charge < -0.3 is 5.11 Å². The molecule has 0 saturated heterocycles. The zero-order valence-corrected chi connectivity index (χ0v) is 12.7. The summed E-state index contributed by atoms with van der Waals surface area (Å²) in [4.78, 5) is 11.4. The lowest BCUT2D eigenvalue weighted by Gasteiger charge is -2.28. The number of aliphatic carboxylic acids is 1. The highest BCUT2D eigenvalue weighted by Gasteiger charge is 2.29. The SMILES string of the molecule is CCCCCC(CC)C(C)C(CCCC)C(=O)O. The van der Waals surface area contributed by atoms with Gasteiger partial charge >= 0.3 is 5.97 Å². The Balaban J connectivity index is 4.39. The molecule has 2 nitrogen and oxygen atoms in total. The Morgan fingerprint density at radius 3 is 2.06 bits per heavy atom. The third-order valence-corrected chi connectivity index (χ3v) is 4.27. The maximum Gasteiger partial charge on any atom is 0.306 e. The smallest absolute Gasteiger partial charge is 0.306 e. The van der Waals surface area contributed by atoms with Crippen LogP contribution in [0.5, 0.6) is 0 Å². The van der Waals surface area contributed by atoms with E-state index in [1.807, 2.05) is 0 Å². The van der Waals surface area contributed by atoms with Gasteiger partial charge in [-0.25, -0.2) is 0 Å². The van der Waals surface area contributed by atoms with Crippen molar-refractivity contribution in [3.63, 3.8) is 0 Å². The zero-order valence-electron chi connectivity index (χ0n) is 12.7. The average Bonchev–Trinajstić information content (AvgIpc) is 2.34. The molecular formula is C16H32O2. The van der Waals surface area contributed by atoms with Gasteiger partial charge in [0.15, 0.2) is 0 Å². The molecule has 3 unspecified atom stereocenters. The lowest BCUT2D eigenvalue weighted by Crippen LogP contribution is -2.27. The van der Waals surface area contributed by atoms with Crippen LogP contribution in [0.3, 0.4) is 0 Å². The molecule has 0 aliphatic heterocycles. The first kappa shape index (κ1) is 17.5. The minimum atomic E-state index is -0.593. The van der Waals surface area contributed by atoms with Gasteiger partial charge in [0, 0.05) is 0 Å². The van der Waals surface area contributed by atoms with Crippen LogP contribution in [0.2, 0.25) is 0 Å². The molecule has 18 heavy (non-hydrogen) atoms. The third kappa shape index (κ3) is 6.42. The topological polar surface area (TPSA) is 37.3 Å². The first-order valence-electron chi connectivity index (χ1n) is 7.81. The van der Waals surface area contributed by atoms with Crippen molar-refractivity contribution >= 4 is 5.97 Å². The fourth-order valence-corrected chi connectivity index (χ4v) is 2.86. The van der Waals surface area contributed by atoms with Crippen LogP contribution in [-0.4, -0.2) is 11.1 Å². The van der Waals surface area contributed by atoms with E-state index >= 15 is 0 Å². The summed E-state index contributed by atoms with van der Waals surface area (Å²) < 4.78 is 0. The van der Waals surface area contributed by atoms with Crippen LogP contribution in [0.15, 0.2) is 0 Å². The molecular weight excluding hydrogens is 224 g/mol. The van der Waals surface area contributed by atoms with E-state index in [-0.39, 0.29) is 5.92 Å². The molecule has 0 fully saturated rings. The largest absolute Gasteiger partial charge is 0.481 e. The molecule has 0 aliphatic carbocycles. The van der Waals surface area contributed by atoms with Crippen LogP contribution >= 0.6 is 0 Å². The van der Waals surface area contributed by atoms with Crippen molar-refractivity contribution in [3.8, 4) is 0 Å². The van der Waals surface area contributed by atoms with Gasteiger partial charge in [-0.1, -0.05) is 72.6 Å². The van der Waals surface area contributed by atoms with Gasteiger partial charge in [-0.15, -0.1) is 0 Å². The summed E-state index contributed by atoms with van der Waals surface area (Å²) in [5.74, 6) is 0.159. The molecule has 3 atom stereocenters. The summed E-state index contributed by atoms with van der Waals surface area (Å²) in [6, 6.07) is 0. The van der Waals surface area contributed by atoms with E-state index in [2.05, 4.69) is 27.7 Å². The van der Waals surface area contributed by atoms with Gasteiger partial charge in [-0.2, -0.15) is 0 Å². The first-order valence-corrected chi connectivity index (χ1v) is 7.81. The molecule has 0 bridgehead atoms. The van der Waals surface area contributed by atoms with Crippen molar-refractivity contribution in [2.45, 2.75) is 79.1 Å². The van der Waals surface area contributed by atoms with E-state index in [9.17, 15) is 9.90 Å². The van der Waals surface area contributed by atoms with Crippen LogP contribution in [0.1, 0.15) is 79.1 Å². The van der Waals surface area contributed by atoms with E-state index in [0.717, 1.165) is 25.7 Å². The number of hydrogen-bond donors (Lipinski definition) is 1. The molecule has 1 N–H and O–H groups in total.